The number of carbonyl (C=O) groups is 2. The van der Waals surface area contributed by atoms with E-state index in [2.05, 4.69) is 57.1 Å². The average Bonchev–Trinajstić information content (AvgIpc) is 3.04. The van der Waals surface area contributed by atoms with Crippen molar-refractivity contribution in [3.8, 4) is 0 Å². The first kappa shape index (κ1) is 32.9. The van der Waals surface area contributed by atoms with Gasteiger partial charge >= 0.3 is 5.97 Å². The van der Waals surface area contributed by atoms with Gasteiger partial charge in [-0.15, -0.1) is 0 Å². The van der Waals surface area contributed by atoms with Crippen LogP contribution < -0.4 is 22.5 Å². The quantitative estimate of drug-likeness (QED) is 0.146. The van der Waals surface area contributed by atoms with Crippen LogP contribution in [-0.4, -0.2) is 36.9 Å². The molecule has 0 aliphatic carbocycles. The lowest BCUT2D eigenvalue weighted by atomic mass is 10.1. The Hall–Kier alpha value is -4.98. The number of aromatic carboxylic acids is 1. The zero-order valence-corrected chi connectivity index (χ0v) is 26.9. The molecule has 8 N–H and O–H groups in total. The molecule has 0 fully saturated rings. The summed E-state index contributed by atoms with van der Waals surface area (Å²) in [6, 6.07) is 18.9. The second-order valence-corrected chi connectivity index (χ2v) is 11.3. The third-order valence-corrected chi connectivity index (χ3v) is 7.19. The molecular weight excluding hydrogens is 704 g/mol. The van der Waals surface area contributed by atoms with Crippen LogP contribution in [0.1, 0.15) is 31.8 Å². The highest BCUT2D eigenvalue weighted by Crippen LogP contribution is 2.21. The first-order chi connectivity index (χ1) is 21.6. The average molecular weight is 732 g/mol. The highest BCUT2D eigenvalue weighted by Gasteiger charge is 2.07. The molecule has 0 aliphatic heterocycles. The summed E-state index contributed by atoms with van der Waals surface area (Å²) in [5.74, 6) is -0.0497. The van der Waals surface area contributed by atoms with Crippen LogP contribution in [0.3, 0.4) is 0 Å². The maximum atomic E-state index is 12.1. The number of nitrogens with two attached hydrogens (primary N) is 3. The predicted molar refractivity (Wildman–Crippen MR) is 182 cm³/mol. The van der Waals surface area contributed by atoms with Crippen molar-refractivity contribution in [3.05, 3.63) is 129 Å². The first-order valence-corrected chi connectivity index (χ1v) is 14.9. The zero-order valence-electron chi connectivity index (χ0n) is 23.7. The Morgan fingerprint density at radius 1 is 0.711 bits per heavy atom. The molecule has 6 rings (SSSR count). The van der Waals surface area contributed by atoms with Crippen LogP contribution in [0, 0.1) is 0 Å². The maximum absolute atomic E-state index is 12.1. The van der Waals surface area contributed by atoms with Gasteiger partial charge in [0.2, 0.25) is 0 Å². The molecule has 0 saturated heterocycles. The summed E-state index contributed by atoms with van der Waals surface area (Å²) in [7, 11) is 0. The molecule has 228 valence electrons. The van der Waals surface area contributed by atoms with E-state index in [1.165, 1.54) is 24.7 Å². The third kappa shape index (κ3) is 9.25. The number of benzene rings is 2. The predicted octanol–water partition coefficient (Wildman–Crippen LogP) is 5.72. The minimum atomic E-state index is -0.964. The number of pyridine rings is 4. The SMILES string of the molecule is NCc1ccc2c(N)nccc2c1.Nc1nccc2cc(CNC(=O)c3cncc(Br)c3)ccc12.O=C(O)c1cncc(Br)c1. The van der Waals surface area contributed by atoms with Gasteiger partial charge in [-0.05, 0) is 90.2 Å². The van der Waals surface area contributed by atoms with Crippen LogP contribution in [0.25, 0.3) is 21.5 Å². The number of halogens is 2. The molecular formula is C32H28Br2N8O3. The zero-order chi connectivity index (χ0) is 32.3. The second kappa shape index (κ2) is 15.7. The van der Waals surface area contributed by atoms with E-state index in [1.54, 1.807) is 24.7 Å². The lowest BCUT2D eigenvalue weighted by molar-refractivity contribution is 0.0696. The number of carboxylic acids is 1. The van der Waals surface area contributed by atoms with E-state index in [-0.39, 0.29) is 11.5 Å². The molecule has 0 radical (unpaired) electrons. The van der Waals surface area contributed by atoms with Crippen molar-refractivity contribution < 1.29 is 14.7 Å². The number of nitrogens with zero attached hydrogens (tertiary/aromatic N) is 4. The van der Waals surface area contributed by atoms with Crippen LogP contribution in [0.5, 0.6) is 0 Å². The lowest BCUT2D eigenvalue weighted by Gasteiger charge is -2.07. The Morgan fingerprint density at radius 2 is 1.22 bits per heavy atom. The number of carbonyl (C=O) groups excluding carboxylic acids is 1. The summed E-state index contributed by atoms with van der Waals surface area (Å²) in [6.07, 6.45) is 9.39. The van der Waals surface area contributed by atoms with Crippen molar-refractivity contribution in [1.82, 2.24) is 25.3 Å². The molecule has 13 heteroatoms. The summed E-state index contributed by atoms with van der Waals surface area (Å²) in [5.41, 5.74) is 19.9. The maximum Gasteiger partial charge on any atom is 0.337 e. The lowest BCUT2D eigenvalue weighted by Crippen LogP contribution is -2.22. The monoisotopic (exact) mass is 730 g/mol. The van der Waals surface area contributed by atoms with Crippen molar-refractivity contribution in [1.29, 1.82) is 0 Å². The number of carboxylic acid groups (broad SMARTS) is 1. The van der Waals surface area contributed by atoms with E-state index in [0.29, 0.717) is 34.8 Å². The minimum absolute atomic E-state index is 0.164. The first-order valence-electron chi connectivity index (χ1n) is 13.3. The summed E-state index contributed by atoms with van der Waals surface area (Å²) >= 11 is 6.40. The van der Waals surface area contributed by atoms with Gasteiger partial charge in [-0.3, -0.25) is 14.8 Å². The van der Waals surface area contributed by atoms with Gasteiger partial charge in [0.1, 0.15) is 11.6 Å². The molecule has 2 aromatic carbocycles. The van der Waals surface area contributed by atoms with Gasteiger partial charge in [-0.25, -0.2) is 14.8 Å². The Morgan fingerprint density at radius 3 is 1.73 bits per heavy atom. The van der Waals surface area contributed by atoms with Crippen LogP contribution in [0.4, 0.5) is 11.6 Å². The Bertz CT molecular complexity index is 1970. The van der Waals surface area contributed by atoms with Crippen molar-refractivity contribution in [2.45, 2.75) is 13.1 Å². The molecule has 0 spiro atoms. The fourth-order valence-electron chi connectivity index (χ4n) is 4.09. The van der Waals surface area contributed by atoms with Crippen LogP contribution in [0.2, 0.25) is 0 Å². The summed E-state index contributed by atoms with van der Waals surface area (Å²) in [6.45, 7) is 0.988. The molecule has 0 atom stereocenters. The molecule has 1 amide bonds. The van der Waals surface area contributed by atoms with Crippen LogP contribution >= 0.6 is 31.9 Å². The van der Waals surface area contributed by atoms with Gasteiger partial charge in [-0.1, -0.05) is 24.3 Å². The van der Waals surface area contributed by atoms with E-state index < -0.39 is 5.97 Å². The molecule has 45 heavy (non-hydrogen) atoms. The number of aromatic nitrogens is 4. The smallest absolute Gasteiger partial charge is 0.337 e. The van der Waals surface area contributed by atoms with Crippen molar-refractivity contribution in [2.75, 3.05) is 11.5 Å². The van der Waals surface area contributed by atoms with Crippen molar-refractivity contribution in [3.63, 3.8) is 0 Å². The third-order valence-electron chi connectivity index (χ3n) is 6.33. The molecule has 6 aromatic rings. The van der Waals surface area contributed by atoms with Crippen molar-refractivity contribution in [2.24, 2.45) is 5.73 Å². The number of nitrogens with one attached hydrogen (secondary N) is 1. The second-order valence-electron chi connectivity index (χ2n) is 9.48. The number of hydrogen-bond donors (Lipinski definition) is 5. The molecule has 11 nitrogen and oxygen atoms in total. The number of nitrogen functional groups attached to an aromatic ring is 2. The largest absolute Gasteiger partial charge is 0.478 e. The van der Waals surface area contributed by atoms with E-state index in [1.807, 2.05) is 48.5 Å². The van der Waals surface area contributed by atoms with E-state index in [9.17, 15) is 9.59 Å². The molecule has 4 heterocycles. The normalized spacial score (nSPS) is 10.3. The highest BCUT2D eigenvalue weighted by atomic mass is 79.9. The minimum Gasteiger partial charge on any atom is -0.478 e. The number of anilines is 2. The fraction of sp³-hybridized carbons (Fsp3) is 0.0625. The summed E-state index contributed by atoms with van der Waals surface area (Å²) < 4.78 is 1.45. The highest BCUT2D eigenvalue weighted by molar-refractivity contribution is 9.10. The topological polar surface area (TPSA) is 196 Å². The Labute approximate surface area is 275 Å². The summed E-state index contributed by atoms with van der Waals surface area (Å²) in [4.78, 5) is 38.1. The van der Waals surface area contributed by atoms with Crippen LogP contribution in [0.15, 0.2) is 107 Å². The molecule has 4 aromatic heterocycles. The van der Waals surface area contributed by atoms with Crippen LogP contribution in [-0.2, 0) is 13.1 Å². The molecule has 0 aliphatic rings. The number of amides is 1. The van der Waals surface area contributed by atoms with Gasteiger partial charge in [0, 0.05) is 70.0 Å². The van der Waals surface area contributed by atoms with E-state index in [4.69, 9.17) is 22.3 Å². The summed E-state index contributed by atoms with van der Waals surface area (Å²) in [5, 5.41) is 15.3. The van der Waals surface area contributed by atoms with E-state index in [0.717, 1.165) is 37.1 Å². The molecule has 0 saturated carbocycles. The number of hydrogen-bond acceptors (Lipinski definition) is 9. The van der Waals surface area contributed by atoms with Gasteiger partial charge in [0.25, 0.3) is 5.91 Å². The van der Waals surface area contributed by atoms with E-state index >= 15 is 0 Å². The number of fused-ring (bicyclic) bond motifs is 2. The fourth-order valence-corrected chi connectivity index (χ4v) is 4.82. The van der Waals surface area contributed by atoms with Gasteiger partial charge in [0.15, 0.2) is 0 Å². The van der Waals surface area contributed by atoms with Gasteiger partial charge < -0.3 is 27.6 Å². The Balaban J connectivity index is 0.000000170. The number of rotatable bonds is 5. The van der Waals surface area contributed by atoms with Gasteiger partial charge in [0.05, 0.1) is 11.1 Å². The molecule has 0 unspecified atom stereocenters. The molecule has 0 bridgehead atoms. The van der Waals surface area contributed by atoms with Crippen molar-refractivity contribution >= 4 is 76.9 Å². The van der Waals surface area contributed by atoms with Gasteiger partial charge in [-0.2, -0.15) is 0 Å². The standard InChI is InChI=1S/C16H13BrN4O.C10H11N3.C6H4BrNO2/c17-13-6-12(8-19-9-13)16(22)21-7-10-1-2-14-11(5-10)3-4-20-15(14)18;11-6-7-1-2-9-8(5-7)3-4-13-10(9)12;7-5-1-4(6(9)10)2-8-3-5/h1-6,8-9H,7H2,(H2,18,20)(H,21,22);1-5H,6,11H2,(H2,12,13);1-3H,(H,9,10). The Kier molecular flexibility index (Phi) is 11.5.